The molecule has 6 heteroatoms. The number of benzene rings is 2. The predicted molar refractivity (Wildman–Crippen MR) is 106 cm³/mol. The Bertz CT molecular complexity index is 765. The van der Waals surface area contributed by atoms with Gasteiger partial charge in [0.2, 0.25) is 0 Å². The lowest BCUT2D eigenvalue weighted by Gasteiger charge is -2.30. The third kappa shape index (κ3) is 4.32. The molecule has 0 aromatic heterocycles. The van der Waals surface area contributed by atoms with E-state index < -0.39 is 5.91 Å². The van der Waals surface area contributed by atoms with Crippen LogP contribution in [-0.4, -0.2) is 18.0 Å². The number of hydrogen-bond donors (Lipinski definition) is 4. The first-order valence-electron chi connectivity index (χ1n) is 8.52. The molecule has 0 bridgehead atoms. The van der Waals surface area contributed by atoms with E-state index in [0.29, 0.717) is 11.3 Å². The van der Waals surface area contributed by atoms with Gasteiger partial charge in [-0.3, -0.25) is 4.79 Å². The van der Waals surface area contributed by atoms with Crippen molar-refractivity contribution in [2.24, 2.45) is 11.5 Å². The number of hydrogen-bond acceptors (Lipinski definition) is 4. The number of amides is 1. The summed E-state index contributed by atoms with van der Waals surface area (Å²) in [4.78, 5) is 11.8. The summed E-state index contributed by atoms with van der Waals surface area (Å²) in [6.45, 7) is 0. The van der Waals surface area contributed by atoms with Gasteiger partial charge in [0, 0.05) is 22.2 Å². The maximum Gasteiger partial charge on any atom is 0.250 e. The van der Waals surface area contributed by atoms with Gasteiger partial charge in [0.25, 0.3) is 5.91 Å². The zero-order valence-corrected chi connectivity index (χ0v) is 15.6. The standard InChI is InChI=1S/C19H23BrN4O/c20-14-5-1-3-7-16(14)24-18-11-12(9-10-13(18)19(22)25)23-17-8-4-2-6-15(17)21/h1,3,5,7,9-11,15,17,23-24H,2,4,6,8,21H2,(H2,22,25). The molecule has 2 aromatic carbocycles. The highest BCUT2D eigenvalue weighted by atomic mass is 79.9. The maximum atomic E-state index is 11.8. The minimum atomic E-state index is -0.463. The van der Waals surface area contributed by atoms with Crippen molar-refractivity contribution in [1.82, 2.24) is 0 Å². The third-order valence-corrected chi connectivity index (χ3v) is 5.29. The van der Waals surface area contributed by atoms with E-state index in [2.05, 4.69) is 26.6 Å². The van der Waals surface area contributed by atoms with Crippen LogP contribution in [0.2, 0.25) is 0 Å². The maximum absolute atomic E-state index is 11.8. The van der Waals surface area contributed by atoms with Crippen LogP contribution in [0.5, 0.6) is 0 Å². The largest absolute Gasteiger partial charge is 0.381 e. The summed E-state index contributed by atoms with van der Waals surface area (Å²) in [5, 5.41) is 6.80. The molecule has 25 heavy (non-hydrogen) atoms. The van der Waals surface area contributed by atoms with Gasteiger partial charge < -0.3 is 22.1 Å². The zero-order valence-electron chi connectivity index (χ0n) is 14.0. The molecule has 0 aliphatic heterocycles. The van der Waals surface area contributed by atoms with Crippen LogP contribution in [0.3, 0.4) is 0 Å². The average molecular weight is 403 g/mol. The van der Waals surface area contributed by atoms with Crippen LogP contribution in [0, 0.1) is 0 Å². The molecule has 6 N–H and O–H groups in total. The molecular formula is C19H23BrN4O. The van der Waals surface area contributed by atoms with Gasteiger partial charge in [-0.1, -0.05) is 25.0 Å². The molecule has 3 rings (SSSR count). The van der Waals surface area contributed by atoms with Crippen molar-refractivity contribution in [3.63, 3.8) is 0 Å². The number of para-hydroxylation sites is 1. The Labute approximate surface area is 156 Å². The molecule has 1 fully saturated rings. The van der Waals surface area contributed by atoms with Crippen molar-refractivity contribution < 1.29 is 4.79 Å². The van der Waals surface area contributed by atoms with Crippen LogP contribution in [0.25, 0.3) is 0 Å². The highest BCUT2D eigenvalue weighted by molar-refractivity contribution is 9.10. The summed E-state index contributed by atoms with van der Waals surface area (Å²) in [5.41, 5.74) is 14.7. The SMILES string of the molecule is NC(=O)c1ccc(NC2CCCCC2N)cc1Nc1ccccc1Br. The molecular weight excluding hydrogens is 380 g/mol. The summed E-state index contributed by atoms with van der Waals surface area (Å²) in [6, 6.07) is 13.7. The summed E-state index contributed by atoms with van der Waals surface area (Å²) in [7, 11) is 0. The minimum Gasteiger partial charge on any atom is -0.381 e. The van der Waals surface area contributed by atoms with E-state index >= 15 is 0 Å². The fraction of sp³-hybridized carbons (Fsp3) is 0.316. The number of halogens is 1. The summed E-state index contributed by atoms with van der Waals surface area (Å²) >= 11 is 3.51. The van der Waals surface area contributed by atoms with Crippen molar-refractivity contribution in [2.45, 2.75) is 37.8 Å². The van der Waals surface area contributed by atoms with Crippen molar-refractivity contribution >= 4 is 38.9 Å². The van der Waals surface area contributed by atoms with E-state index in [1.54, 1.807) is 6.07 Å². The van der Waals surface area contributed by atoms with Crippen LogP contribution in [0.1, 0.15) is 36.0 Å². The number of nitrogens with two attached hydrogens (primary N) is 2. The average Bonchev–Trinajstić information content (AvgIpc) is 2.59. The third-order valence-electron chi connectivity index (χ3n) is 4.60. The molecule has 0 spiro atoms. The predicted octanol–water partition coefficient (Wildman–Crippen LogP) is 3.97. The summed E-state index contributed by atoms with van der Waals surface area (Å²) in [6.07, 6.45) is 4.48. The first-order chi connectivity index (χ1) is 12.0. The van der Waals surface area contributed by atoms with Crippen LogP contribution in [0.15, 0.2) is 46.9 Å². The molecule has 0 saturated heterocycles. The second kappa shape index (κ2) is 7.89. The van der Waals surface area contributed by atoms with Crippen molar-refractivity contribution in [3.8, 4) is 0 Å². The number of rotatable bonds is 5. The Hall–Kier alpha value is -2.05. The number of anilines is 3. The van der Waals surface area contributed by atoms with Crippen LogP contribution >= 0.6 is 15.9 Å². The molecule has 1 aliphatic carbocycles. The van der Waals surface area contributed by atoms with E-state index in [-0.39, 0.29) is 12.1 Å². The normalized spacial score (nSPS) is 20.1. The van der Waals surface area contributed by atoms with E-state index in [9.17, 15) is 4.79 Å². The second-order valence-corrected chi connectivity index (χ2v) is 7.28. The molecule has 1 amide bonds. The zero-order chi connectivity index (χ0) is 17.8. The highest BCUT2D eigenvalue weighted by Crippen LogP contribution is 2.30. The summed E-state index contributed by atoms with van der Waals surface area (Å²) in [5.74, 6) is -0.463. The molecule has 132 valence electrons. The molecule has 0 heterocycles. The summed E-state index contributed by atoms with van der Waals surface area (Å²) < 4.78 is 0.915. The molecule has 1 aliphatic rings. The van der Waals surface area contributed by atoms with Crippen molar-refractivity contribution in [1.29, 1.82) is 0 Å². The van der Waals surface area contributed by atoms with Crippen LogP contribution < -0.4 is 22.1 Å². The lowest BCUT2D eigenvalue weighted by atomic mass is 9.91. The van der Waals surface area contributed by atoms with E-state index in [1.807, 2.05) is 36.4 Å². The van der Waals surface area contributed by atoms with Crippen molar-refractivity contribution in [3.05, 3.63) is 52.5 Å². The molecule has 5 nitrogen and oxygen atoms in total. The van der Waals surface area contributed by atoms with Gasteiger partial charge in [0.05, 0.1) is 16.9 Å². The van der Waals surface area contributed by atoms with Gasteiger partial charge >= 0.3 is 0 Å². The van der Waals surface area contributed by atoms with Crippen LogP contribution in [0.4, 0.5) is 17.1 Å². The van der Waals surface area contributed by atoms with Gasteiger partial charge in [0.1, 0.15) is 0 Å². The molecule has 2 aromatic rings. The number of carbonyl (C=O) groups is 1. The Morgan fingerprint density at radius 1 is 1.08 bits per heavy atom. The van der Waals surface area contributed by atoms with Gasteiger partial charge in [-0.25, -0.2) is 0 Å². The topological polar surface area (TPSA) is 93.2 Å². The number of nitrogens with one attached hydrogen (secondary N) is 2. The molecule has 2 atom stereocenters. The smallest absolute Gasteiger partial charge is 0.250 e. The first-order valence-corrected chi connectivity index (χ1v) is 9.31. The fourth-order valence-electron chi connectivity index (χ4n) is 3.21. The number of carbonyl (C=O) groups excluding carboxylic acids is 1. The highest BCUT2D eigenvalue weighted by Gasteiger charge is 2.22. The van der Waals surface area contributed by atoms with Crippen molar-refractivity contribution in [2.75, 3.05) is 10.6 Å². The van der Waals surface area contributed by atoms with Crippen LogP contribution in [-0.2, 0) is 0 Å². The Kier molecular flexibility index (Phi) is 5.60. The lowest BCUT2D eigenvalue weighted by molar-refractivity contribution is 0.100. The minimum absolute atomic E-state index is 0.157. The Morgan fingerprint density at radius 2 is 1.84 bits per heavy atom. The fourth-order valence-corrected chi connectivity index (χ4v) is 3.60. The molecule has 1 saturated carbocycles. The first kappa shape index (κ1) is 17.8. The van der Waals surface area contributed by atoms with Gasteiger partial charge in [-0.05, 0) is 59.1 Å². The Morgan fingerprint density at radius 3 is 2.56 bits per heavy atom. The number of primary amides is 1. The lowest BCUT2D eigenvalue weighted by Crippen LogP contribution is -2.42. The molecule has 2 unspecified atom stereocenters. The monoisotopic (exact) mass is 402 g/mol. The molecule has 0 radical (unpaired) electrons. The quantitative estimate of drug-likeness (QED) is 0.608. The van der Waals surface area contributed by atoms with E-state index in [0.717, 1.165) is 28.7 Å². The van der Waals surface area contributed by atoms with Gasteiger partial charge in [-0.15, -0.1) is 0 Å². The van der Waals surface area contributed by atoms with E-state index in [1.165, 1.54) is 12.8 Å². The second-order valence-electron chi connectivity index (χ2n) is 6.43. The van der Waals surface area contributed by atoms with Gasteiger partial charge in [-0.2, -0.15) is 0 Å². The van der Waals surface area contributed by atoms with E-state index in [4.69, 9.17) is 11.5 Å². The Balaban J connectivity index is 1.87. The van der Waals surface area contributed by atoms with Gasteiger partial charge in [0.15, 0.2) is 0 Å².